The number of esters is 1. The molecule has 96 valence electrons. The fourth-order valence-electron chi connectivity index (χ4n) is 1.89. The molecule has 0 spiro atoms. The van der Waals surface area contributed by atoms with Crippen molar-refractivity contribution >= 4 is 32.8 Å². The van der Waals surface area contributed by atoms with Crippen LogP contribution in [0.25, 0.3) is 10.9 Å². The van der Waals surface area contributed by atoms with Crippen molar-refractivity contribution in [2.45, 2.75) is 19.4 Å². The third kappa shape index (κ3) is 2.73. The van der Waals surface area contributed by atoms with E-state index in [0.29, 0.717) is 13.0 Å². The summed E-state index contributed by atoms with van der Waals surface area (Å²) >= 11 is 3.43. The number of H-pyrrole nitrogens is 1. The number of rotatable bonds is 4. The first kappa shape index (κ1) is 13.1. The molecule has 0 radical (unpaired) electrons. The number of ether oxygens (including phenoxy) is 1. The lowest BCUT2D eigenvalue weighted by atomic mass is 10.1. The molecule has 18 heavy (non-hydrogen) atoms. The average Bonchev–Trinajstić information content (AvgIpc) is 2.72. The summed E-state index contributed by atoms with van der Waals surface area (Å²) in [5.41, 5.74) is 7.88. The molecule has 2 rings (SSSR count). The molecule has 0 aliphatic rings. The molecule has 5 heteroatoms. The SMILES string of the molecule is CCOC(=O)C(N)Cc1c[nH]c2ccc(Br)cc12. The summed E-state index contributed by atoms with van der Waals surface area (Å²) in [6, 6.07) is 5.34. The van der Waals surface area contributed by atoms with E-state index >= 15 is 0 Å². The van der Waals surface area contributed by atoms with Crippen LogP contribution < -0.4 is 5.73 Å². The van der Waals surface area contributed by atoms with E-state index in [-0.39, 0.29) is 5.97 Å². The first-order valence-electron chi connectivity index (χ1n) is 5.79. The predicted octanol–water partition coefficient (Wildman–Crippen LogP) is 2.36. The largest absolute Gasteiger partial charge is 0.465 e. The highest BCUT2D eigenvalue weighted by Gasteiger charge is 2.17. The predicted molar refractivity (Wildman–Crippen MR) is 74.3 cm³/mol. The van der Waals surface area contributed by atoms with Crippen molar-refractivity contribution in [2.24, 2.45) is 5.73 Å². The first-order valence-corrected chi connectivity index (χ1v) is 6.59. The van der Waals surface area contributed by atoms with E-state index in [1.807, 2.05) is 24.4 Å². The standard InChI is InChI=1S/C13H15BrN2O2/c1-2-18-13(17)11(15)5-8-7-16-12-4-3-9(14)6-10(8)12/h3-4,6-7,11,16H,2,5,15H2,1H3. The third-order valence-electron chi connectivity index (χ3n) is 2.76. The van der Waals surface area contributed by atoms with Crippen LogP contribution in [0.4, 0.5) is 0 Å². The molecule has 4 nitrogen and oxygen atoms in total. The van der Waals surface area contributed by atoms with Crippen LogP contribution in [-0.4, -0.2) is 23.6 Å². The summed E-state index contributed by atoms with van der Waals surface area (Å²) in [5.74, 6) is -0.359. The van der Waals surface area contributed by atoms with Gasteiger partial charge in [0.1, 0.15) is 6.04 Å². The molecule has 2 aromatic rings. The van der Waals surface area contributed by atoms with E-state index in [1.165, 1.54) is 0 Å². The highest BCUT2D eigenvalue weighted by molar-refractivity contribution is 9.10. The second-order valence-electron chi connectivity index (χ2n) is 4.07. The van der Waals surface area contributed by atoms with Crippen molar-refractivity contribution in [3.05, 3.63) is 34.4 Å². The van der Waals surface area contributed by atoms with Crippen LogP contribution in [0.15, 0.2) is 28.9 Å². The molecule has 0 aliphatic heterocycles. The van der Waals surface area contributed by atoms with Crippen LogP contribution in [0.5, 0.6) is 0 Å². The number of hydrogen-bond acceptors (Lipinski definition) is 3. The van der Waals surface area contributed by atoms with Crippen LogP contribution in [0, 0.1) is 0 Å². The summed E-state index contributed by atoms with van der Waals surface area (Å²) in [6.07, 6.45) is 2.35. The van der Waals surface area contributed by atoms with Crippen LogP contribution >= 0.6 is 15.9 Å². The zero-order chi connectivity index (χ0) is 13.1. The number of halogens is 1. The zero-order valence-electron chi connectivity index (χ0n) is 10.1. The number of aromatic amines is 1. The maximum absolute atomic E-state index is 11.5. The van der Waals surface area contributed by atoms with Crippen molar-refractivity contribution < 1.29 is 9.53 Å². The molecule has 1 aromatic carbocycles. The first-order chi connectivity index (χ1) is 8.61. The fraction of sp³-hybridized carbons (Fsp3) is 0.308. The molecule has 1 aromatic heterocycles. The third-order valence-corrected chi connectivity index (χ3v) is 3.25. The van der Waals surface area contributed by atoms with Gasteiger partial charge in [0, 0.05) is 28.0 Å². The Morgan fingerprint density at radius 2 is 2.33 bits per heavy atom. The maximum atomic E-state index is 11.5. The van der Waals surface area contributed by atoms with E-state index in [2.05, 4.69) is 20.9 Å². The smallest absolute Gasteiger partial charge is 0.323 e. The van der Waals surface area contributed by atoms with Gasteiger partial charge < -0.3 is 15.5 Å². The Labute approximate surface area is 114 Å². The van der Waals surface area contributed by atoms with Gasteiger partial charge in [-0.15, -0.1) is 0 Å². The Morgan fingerprint density at radius 1 is 1.56 bits per heavy atom. The van der Waals surface area contributed by atoms with Gasteiger partial charge in [0.05, 0.1) is 6.61 Å². The molecule has 0 saturated heterocycles. The Morgan fingerprint density at radius 3 is 3.06 bits per heavy atom. The second kappa shape index (κ2) is 5.54. The van der Waals surface area contributed by atoms with Crippen molar-refractivity contribution in [3.8, 4) is 0 Å². The van der Waals surface area contributed by atoms with E-state index in [9.17, 15) is 4.79 Å². The molecule has 1 atom stereocenters. The van der Waals surface area contributed by atoms with Crippen molar-refractivity contribution in [1.82, 2.24) is 4.98 Å². The van der Waals surface area contributed by atoms with Crippen molar-refractivity contribution in [2.75, 3.05) is 6.61 Å². The normalized spacial score (nSPS) is 12.6. The number of fused-ring (bicyclic) bond motifs is 1. The van der Waals surface area contributed by atoms with Gasteiger partial charge in [-0.3, -0.25) is 4.79 Å². The van der Waals surface area contributed by atoms with Crippen molar-refractivity contribution in [1.29, 1.82) is 0 Å². The number of nitrogens with two attached hydrogens (primary N) is 1. The lowest BCUT2D eigenvalue weighted by Crippen LogP contribution is -2.34. The average molecular weight is 311 g/mol. The molecule has 0 saturated carbocycles. The molecule has 3 N–H and O–H groups in total. The molecule has 0 amide bonds. The molecule has 0 bridgehead atoms. The number of carbonyl (C=O) groups excluding carboxylic acids is 1. The Kier molecular flexibility index (Phi) is 4.04. The molecule has 0 aliphatic carbocycles. The number of benzene rings is 1. The van der Waals surface area contributed by atoms with Gasteiger partial charge in [-0.25, -0.2) is 0 Å². The van der Waals surface area contributed by atoms with Crippen molar-refractivity contribution in [3.63, 3.8) is 0 Å². The van der Waals surface area contributed by atoms with Crippen LogP contribution in [0.2, 0.25) is 0 Å². The molecule has 0 fully saturated rings. The Balaban J connectivity index is 2.21. The zero-order valence-corrected chi connectivity index (χ0v) is 11.7. The molecule has 1 unspecified atom stereocenters. The number of aromatic nitrogens is 1. The van der Waals surface area contributed by atoms with Crippen LogP contribution in [0.3, 0.4) is 0 Å². The van der Waals surface area contributed by atoms with E-state index in [4.69, 9.17) is 10.5 Å². The van der Waals surface area contributed by atoms with Gasteiger partial charge in [0.25, 0.3) is 0 Å². The number of hydrogen-bond donors (Lipinski definition) is 2. The van der Waals surface area contributed by atoms with Gasteiger partial charge in [-0.1, -0.05) is 15.9 Å². The quantitative estimate of drug-likeness (QED) is 0.852. The molecular weight excluding hydrogens is 296 g/mol. The van der Waals surface area contributed by atoms with Gasteiger partial charge in [-0.2, -0.15) is 0 Å². The van der Waals surface area contributed by atoms with Crippen LogP contribution in [-0.2, 0) is 16.0 Å². The summed E-state index contributed by atoms with van der Waals surface area (Å²) < 4.78 is 5.91. The lowest BCUT2D eigenvalue weighted by molar-refractivity contribution is -0.144. The van der Waals surface area contributed by atoms with E-state index < -0.39 is 6.04 Å². The van der Waals surface area contributed by atoms with Gasteiger partial charge in [-0.05, 0) is 30.7 Å². The summed E-state index contributed by atoms with van der Waals surface area (Å²) in [4.78, 5) is 14.7. The van der Waals surface area contributed by atoms with Gasteiger partial charge >= 0.3 is 5.97 Å². The summed E-state index contributed by atoms with van der Waals surface area (Å²) in [6.45, 7) is 2.12. The fourth-order valence-corrected chi connectivity index (χ4v) is 2.25. The maximum Gasteiger partial charge on any atom is 0.323 e. The van der Waals surface area contributed by atoms with E-state index in [1.54, 1.807) is 6.92 Å². The lowest BCUT2D eigenvalue weighted by Gasteiger charge is -2.09. The molecule has 1 heterocycles. The summed E-state index contributed by atoms with van der Waals surface area (Å²) in [5, 5.41) is 1.07. The minimum absolute atomic E-state index is 0.353. The Bertz CT molecular complexity index is 565. The highest BCUT2D eigenvalue weighted by atomic mass is 79.9. The highest BCUT2D eigenvalue weighted by Crippen LogP contribution is 2.23. The van der Waals surface area contributed by atoms with Gasteiger partial charge in [0.2, 0.25) is 0 Å². The number of nitrogens with one attached hydrogen (secondary N) is 1. The second-order valence-corrected chi connectivity index (χ2v) is 4.98. The topological polar surface area (TPSA) is 68.1 Å². The minimum atomic E-state index is -0.622. The molecular formula is C13H15BrN2O2. The Hall–Kier alpha value is -1.33. The number of carbonyl (C=O) groups is 1. The van der Waals surface area contributed by atoms with Gasteiger partial charge in [0.15, 0.2) is 0 Å². The minimum Gasteiger partial charge on any atom is -0.465 e. The monoisotopic (exact) mass is 310 g/mol. The van der Waals surface area contributed by atoms with E-state index in [0.717, 1.165) is 20.9 Å². The summed E-state index contributed by atoms with van der Waals surface area (Å²) in [7, 11) is 0. The van der Waals surface area contributed by atoms with Crippen LogP contribution in [0.1, 0.15) is 12.5 Å².